The summed E-state index contributed by atoms with van der Waals surface area (Å²) >= 11 is 2.41. The van der Waals surface area contributed by atoms with E-state index >= 15 is 0 Å². The average molecular weight is 357 g/mol. The van der Waals surface area contributed by atoms with Crippen LogP contribution in [0.2, 0.25) is 13.1 Å². The Bertz CT molecular complexity index is 851. The molecule has 0 bridgehead atoms. The van der Waals surface area contributed by atoms with Crippen molar-refractivity contribution in [3.63, 3.8) is 0 Å². The van der Waals surface area contributed by atoms with Crippen LogP contribution in [0.25, 0.3) is 5.70 Å². The minimum absolute atomic E-state index is 0.0297. The summed E-state index contributed by atoms with van der Waals surface area (Å²) in [4.78, 5) is 3.98. The number of rotatable bonds is 4. The molecule has 0 saturated carbocycles. The zero-order valence-electron chi connectivity index (χ0n) is 17.2. The van der Waals surface area contributed by atoms with Crippen LogP contribution in [-0.4, -0.2) is 31.5 Å². The third-order valence-corrected chi connectivity index (χ3v) is 10.00. The van der Waals surface area contributed by atoms with E-state index < -0.39 is 8.24 Å². The number of anilines is 1. The number of benzene rings is 2. The second-order valence-electron chi connectivity index (χ2n) is 9.25. The van der Waals surface area contributed by atoms with Gasteiger partial charge in [0.15, 0.2) is 0 Å². The predicted molar refractivity (Wildman–Crippen MR) is 117 cm³/mol. The van der Waals surface area contributed by atoms with E-state index in [-0.39, 0.29) is 9.25 Å². The second-order valence-corrected chi connectivity index (χ2v) is 13.8. The molecule has 1 atom stereocenters. The van der Waals surface area contributed by atoms with E-state index in [0.29, 0.717) is 0 Å². The Hall–Kier alpha value is -1.25. The van der Waals surface area contributed by atoms with Crippen LogP contribution in [-0.2, 0) is 3.71 Å². The van der Waals surface area contributed by atoms with Crippen LogP contribution < -0.4 is 10.3 Å². The first-order valence-corrected chi connectivity index (χ1v) is 12.5. The summed E-state index contributed by atoms with van der Waals surface area (Å²) in [7, 11) is -1.82. The molecule has 0 saturated heterocycles. The molecule has 1 aliphatic rings. The molecule has 1 aliphatic carbocycles. The van der Waals surface area contributed by atoms with Gasteiger partial charge in [-0.3, -0.25) is 0 Å². The fraction of sp³-hybridized carbons (Fsp3) is 0.364. The number of hydrogen-bond acceptors (Lipinski definition) is 2. The number of allylic oxidation sites excluding steroid dienone is 1. The summed E-state index contributed by atoms with van der Waals surface area (Å²) in [5.74, 6) is 0. The van der Waals surface area contributed by atoms with Gasteiger partial charge in [-0.05, 0) is 0 Å². The number of nitrogens with one attached hydrogen (secondary N) is 2. The van der Waals surface area contributed by atoms with E-state index in [2.05, 4.69) is 123 Å². The fourth-order valence-electron chi connectivity index (χ4n) is 4.16. The monoisotopic (exact) mass is 356 g/mol. The Morgan fingerprint density at radius 2 is 1.58 bits per heavy atom. The Labute approximate surface area is 168 Å². The van der Waals surface area contributed by atoms with Gasteiger partial charge in [-0.25, -0.2) is 0 Å². The first kappa shape index (κ1) is 19.5. The van der Waals surface area contributed by atoms with Crippen LogP contribution in [0.15, 0.2) is 54.6 Å². The molecule has 1 unspecified atom stereocenters. The normalized spacial score (nSPS) is 19.9. The first-order valence-electron chi connectivity index (χ1n) is 9.48. The molecule has 0 spiro atoms. The van der Waals surface area contributed by atoms with Crippen LogP contribution in [0.4, 0.5) is 5.69 Å². The third kappa shape index (κ3) is 3.59. The first-order chi connectivity index (χ1) is 12.0. The molecular formula is C22H29LiN2Si. The summed E-state index contributed by atoms with van der Waals surface area (Å²) in [6.07, 6.45) is 2.47. The molecule has 0 fully saturated rings. The van der Waals surface area contributed by atoms with Gasteiger partial charge in [0.05, 0.1) is 0 Å². The molecule has 0 radical (unpaired) electrons. The number of fused-ring (bicyclic) bond motifs is 1. The Balaban J connectivity index is 2.07. The molecule has 2 N–H and O–H groups in total. The fourth-order valence-corrected chi connectivity index (χ4v) is 7.69. The van der Waals surface area contributed by atoms with E-state index in [9.17, 15) is 0 Å². The summed E-state index contributed by atoms with van der Waals surface area (Å²) in [6, 6.07) is 17.4. The predicted octanol–water partition coefficient (Wildman–Crippen LogP) is 4.96. The third-order valence-electron chi connectivity index (χ3n) is 5.61. The van der Waals surface area contributed by atoms with Crippen molar-refractivity contribution in [2.75, 3.05) is 5.32 Å². The minimum atomic E-state index is -1.82. The molecule has 2 aromatic carbocycles. The van der Waals surface area contributed by atoms with Crippen molar-refractivity contribution < 1.29 is 0 Å². The van der Waals surface area contributed by atoms with Crippen molar-refractivity contribution in [3.05, 3.63) is 71.3 Å². The molecule has 3 rings (SSSR count). The van der Waals surface area contributed by atoms with E-state index in [1.54, 1.807) is 0 Å². The Morgan fingerprint density at radius 1 is 0.962 bits per heavy atom. The van der Waals surface area contributed by atoms with Gasteiger partial charge in [0.2, 0.25) is 0 Å². The van der Waals surface area contributed by atoms with Gasteiger partial charge in [-0.1, -0.05) is 0 Å². The molecule has 0 amide bonds. The van der Waals surface area contributed by atoms with Gasteiger partial charge < -0.3 is 0 Å². The van der Waals surface area contributed by atoms with E-state index in [4.69, 9.17) is 0 Å². The maximum absolute atomic E-state index is 3.98. The van der Waals surface area contributed by atoms with Crippen LogP contribution in [0.1, 0.15) is 37.5 Å². The average Bonchev–Trinajstić information content (AvgIpc) is 2.82. The molecule has 0 aromatic heterocycles. The topological polar surface area (TPSA) is 24.1 Å². The number of aryl methyl sites for hydroxylation is 1. The molecule has 2 aromatic rings. The van der Waals surface area contributed by atoms with Gasteiger partial charge in [0.1, 0.15) is 0 Å². The summed E-state index contributed by atoms with van der Waals surface area (Å²) in [5.41, 5.74) is 6.55. The van der Waals surface area contributed by atoms with Crippen molar-refractivity contribution in [1.82, 2.24) is 4.98 Å². The molecule has 4 heteroatoms. The van der Waals surface area contributed by atoms with E-state index in [1.807, 2.05) is 0 Å². The molecule has 0 aliphatic heterocycles. The van der Waals surface area contributed by atoms with Crippen LogP contribution in [0.5, 0.6) is 0 Å². The van der Waals surface area contributed by atoms with Crippen molar-refractivity contribution >= 4 is 37.3 Å². The van der Waals surface area contributed by atoms with Gasteiger partial charge in [-0.2, -0.15) is 0 Å². The van der Waals surface area contributed by atoms with E-state index in [0.717, 1.165) is 0 Å². The molecule has 0 heterocycles. The van der Waals surface area contributed by atoms with Crippen LogP contribution in [0.3, 0.4) is 0 Å². The Morgan fingerprint density at radius 3 is 2.23 bits per heavy atom. The van der Waals surface area contributed by atoms with Crippen molar-refractivity contribution in [3.8, 4) is 0 Å². The second kappa shape index (κ2) is 6.73. The molecule has 26 heavy (non-hydrogen) atoms. The molecular weight excluding hydrogens is 327 g/mol. The zero-order chi connectivity index (χ0) is 19.2. The standard InChI is InChI=1S/C22H29N2Si.Li/c1-16-11-7-10-14-19(16)23-20-15-21(18-13-9-8-12-17(18)20)25(5,6)24-22(2,3)4;/h7-15,23-24H,1-6H3;. The van der Waals surface area contributed by atoms with Crippen molar-refractivity contribution in [2.45, 2.75) is 50.0 Å². The number of para-hydroxylation sites is 1. The summed E-state index contributed by atoms with van der Waals surface area (Å²) in [6.45, 7) is 13.8. The quantitative estimate of drug-likeness (QED) is 0.757. The summed E-state index contributed by atoms with van der Waals surface area (Å²) < 4.78 is 0.0297. The van der Waals surface area contributed by atoms with Crippen LogP contribution in [0, 0.1) is 6.92 Å². The number of hydrogen-bond donors (Lipinski definition) is 2. The van der Waals surface area contributed by atoms with E-state index in [1.165, 1.54) is 28.1 Å². The molecule has 2 nitrogen and oxygen atoms in total. The Kier molecular flexibility index (Phi) is 5.05. The molecule has 132 valence electrons. The van der Waals surface area contributed by atoms with Gasteiger partial charge in [-0.15, -0.1) is 0 Å². The van der Waals surface area contributed by atoms with Gasteiger partial charge in [0, 0.05) is 0 Å². The van der Waals surface area contributed by atoms with Gasteiger partial charge >= 0.3 is 169 Å². The van der Waals surface area contributed by atoms with Crippen LogP contribution >= 0.6 is 0 Å². The SMILES string of the molecule is [Li][C]1([Si](C)(C)NC(C)(C)C)C=C(Nc2ccccc2C)c2ccccc21. The van der Waals surface area contributed by atoms with Crippen molar-refractivity contribution in [1.29, 1.82) is 0 Å². The zero-order valence-corrected chi connectivity index (χ0v) is 18.2. The van der Waals surface area contributed by atoms with Crippen molar-refractivity contribution in [2.24, 2.45) is 0 Å². The summed E-state index contributed by atoms with van der Waals surface area (Å²) in [5, 5.41) is 3.71. The maximum atomic E-state index is 3.98. The van der Waals surface area contributed by atoms with Gasteiger partial charge in [0.25, 0.3) is 0 Å².